The van der Waals surface area contributed by atoms with E-state index in [9.17, 15) is 9.59 Å². The van der Waals surface area contributed by atoms with Crippen LogP contribution < -0.4 is 10.4 Å². The summed E-state index contributed by atoms with van der Waals surface area (Å²) in [7, 11) is 1.31. The predicted molar refractivity (Wildman–Crippen MR) is 110 cm³/mol. The van der Waals surface area contributed by atoms with Crippen LogP contribution in [-0.2, 0) is 9.53 Å². The predicted octanol–water partition coefficient (Wildman–Crippen LogP) is 4.75. The van der Waals surface area contributed by atoms with E-state index in [2.05, 4.69) is 0 Å². The number of fused-ring (bicyclic) bond motifs is 1. The average molecular weight is 386 g/mol. The molecule has 0 saturated carbocycles. The molecule has 0 saturated heterocycles. The molecule has 0 amide bonds. The summed E-state index contributed by atoms with van der Waals surface area (Å²) in [5.41, 5.74) is 2.28. The fourth-order valence-electron chi connectivity index (χ4n) is 3.20. The molecule has 0 fully saturated rings. The van der Waals surface area contributed by atoms with Gasteiger partial charge >= 0.3 is 11.6 Å². The van der Waals surface area contributed by atoms with Crippen LogP contribution in [0.1, 0.15) is 11.7 Å². The topological polar surface area (TPSA) is 65.7 Å². The van der Waals surface area contributed by atoms with Crippen LogP contribution >= 0.6 is 0 Å². The number of esters is 1. The molecule has 1 heterocycles. The molecule has 0 aliphatic heterocycles. The average Bonchev–Trinajstić information content (AvgIpc) is 2.77. The zero-order valence-corrected chi connectivity index (χ0v) is 15.7. The lowest BCUT2D eigenvalue weighted by molar-refractivity contribution is -0.149. The van der Waals surface area contributed by atoms with Gasteiger partial charge in [0.25, 0.3) is 0 Å². The van der Waals surface area contributed by atoms with Crippen molar-refractivity contribution in [2.24, 2.45) is 0 Å². The van der Waals surface area contributed by atoms with Crippen molar-refractivity contribution in [3.63, 3.8) is 0 Å². The second-order valence-corrected chi connectivity index (χ2v) is 6.43. The summed E-state index contributed by atoms with van der Waals surface area (Å²) in [6.45, 7) is 0. The van der Waals surface area contributed by atoms with E-state index in [1.165, 1.54) is 13.2 Å². The van der Waals surface area contributed by atoms with Gasteiger partial charge in [0.2, 0.25) is 6.10 Å². The highest BCUT2D eigenvalue weighted by atomic mass is 16.6. The van der Waals surface area contributed by atoms with Gasteiger partial charge in [-0.15, -0.1) is 0 Å². The minimum Gasteiger partial charge on any atom is -0.474 e. The van der Waals surface area contributed by atoms with Gasteiger partial charge in [0.15, 0.2) is 0 Å². The Bertz CT molecular complexity index is 1200. The number of hydrogen-bond acceptors (Lipinski definition) is 5. The molecule has 0 aliphatic rings. The highest BCUT2D eigenvalue weighted by Crippen LogP contribution is 2.31. The van der Waals surface area contributed by atoms with Crippen molar-refractivity contribution >= 4 is 16.9 Å². The highest BCUT2D eigenvalue weighted by Gasteiger charge is 2.23. The molecule has 0 aliphatic carbocycles. The van der Waals surface area contributed by atoms with Gasteiger partial charge in [0.05, 0.1) is 7.11 Å². The summed E-state index contributed by atoms with van der Waals surface area (Å²) >= 11 is 0. The smallest absolute Gasteiger partial charge is 0.351 e. The number of benzene rings is 3. The minimum absolute atomic E-state index is 0.380. The van der Waals surface area contributed by atoms with Crippen molar-refractivity contribution in [1.82, 2.24) is 0 Å². The number of methoxy groups -OCH3 is 1. The molecule has 0 bridgehead atoms. The molecule has 4 rings (SSSR count). The second-order valence-electron chi connectivity index (χ2n) is 6.43. The van der Waals surface area contributed by atoms with Gasteiger partial charge in [-0.05, 0) is 23.3 Å². The normalized spacial score (nSPS) is 11.8. The first kappa shape index (κ1) is 18.5. The maximum absolute atomic E-state index is 12.3. The SMILES string of the molecule is COC(=O)[C@@H](Oc1ccc2c(-c3ccccc3)cc(=O)oc2c1)c1ccccc1. The molecule has 4 aromatic rings. The Balaban J connectivity index is 1.76. The van der Waals surface area contributed by atoms with Crippen LogP contribution in [-0.4, -0.2) is 13.1 Å². The van der Waals surface area contributed by atoms with Crippen molar-refractivity contribution in [3.8, 4) is 16.9 Å². The summed E-state index contributed by atoms with van der Waals surface area (Å²) in [6, 6.07) is 25.3. The molecular formula is C24H18O5. The van der Waals surface area contributed by atoms with Crippen LogP contribution in [0.2, 0.25) is 0 Å². The van der Waals surface area contributed by atoms with Gasteiger partial charge < -0.3 is 13.9 Å². The molecule has 0 radical (unpaired) electrons. The third kappa shape index (κ3) is 3.89. The van der Waals surface area contributed by atoms with Crippen molar-refractivity contribution in [2.45, 2.75) is 6.10 Å². The first-order valence-electron chi connectivity index (χ1n) is 9.08. The monoisotopic (exact) mass is 386 g/mol. The van der Waals surface area contributed by atoms with Gasteiger partial charge in [-0.1, -0.05) is 60.7 Å². The Hall–Kier alpha value is -3.86. The van der Waals surface area contributed by atoms with E-state index in [-0.39, 0.29) is 0 Å². The van der Waals surface area contributed by atoms with Gasteiger partial charge in [-0.3, -0.25) is 0 Å². The fraction of sp³-hybridized carbons (Fsp3) is 0.0833. The van der Waals surface area contributed by atoms with E-state index >= 15 is 0 Å². The quantitative estimate of drug-likeness (QED) is 0.366. The van der Waals surface area contributed by atoms with Crippen molar-refractivity contribution in [3.05, 3.63) is 101 Å². The van der Waals surface area contributed by atoms with Gasteiger partial charge in [-0.25, -0.2) is 9.59 Å². The van der Waals surface area contributed by atoms with E-state index in [1.807, 2.05) is 54.6 Å². The molecule has 3 aromatic carbocycles. The molecule has 1 atom stereocenters. The van der Waals surface area contributed by atoms with Crippen LogP contribution in [0.4, 0.5) is 0 Å². The number of carbonyl (C=O) groups is 1. The maximum atomic E-state index is 12.3. The Labute approximate surface area is 167 Å². The van der Waals surface area contributed by atoms with Crippen LogP contribution in [0.3, 0.4) is 0 Å². The number of ether oxygens (including phenoxy) is 2. The second kappa shape index (κ2) is 8.02. The lowest BCUT2D eigenvalue weighted by Gasteiger charge is -2.17. The first-order valence-corrected chi connectivity index (χ1v) is 9.08. The summed E-state index contributed by atoms with van der Waals surface area (Å²) in [5, 5.41) is 0.775. The van der Waals surface area contributed by atoms with Crippen LogP contribution in [0.15, 0.2) is 94.1 Å². The zero-order valence-electron chi connectivity index (χ0n) is 15.7. The molecule has 1 aromatic heterocycles. The molecule has 144 valence electrons. The summed E-state index contributed by atoms with van der Waals surface area (Å²) in [6.07, 6.45) is -0.928. The zero-order chi connectivity index (χ0) is 20.2. The number of rotatable bonds is 5. The van der Waals surface area contributed by atoms with Gasteiger partial charge in [-0.2, -0.15) is 0 Å². The molecule has 5 heteroatoms. The first-order chi connectivity index (χ1) is 14.2. The minimum atomic E-state index is -0.928. The van der Waals surface area contributed by atoms with E-state index in [0.717, 1.165) is 16.5 Å². The molecule has 5 nitrogen and oxygen atoms in total. The van der Waals surface area contributed by atoms with E-state index in [4.69, 9.17) is 13.9 Å². The third-order valence-corrected chi connectivity index (χ3v) is 4.57. The van der Waals surface area contributed by atoms with Gasteiger partial charge in [0, 0.05) is 23.1 Å². The Morgan fingerprint density at radius 2 is 1.59 bits per heavy atom. The summed E-state index contributed by atoms with van der Waals surface area (Å²) in [5.74, 6) is -0.124. The van der Waals surface area contributed by atoms with Gasteiger partial charge in [0.1, 0.15) is 11.3 Å². The molecule has 0 N–H and O–H groups in total. The van der Waals surface area contributed by atoms with Crippen molar-refractivity contribution < 1.29 is 18.7 Å². The largest absolute Gasteiger partial charge is 0.474 e. The number of hydrogen-bond donors (Lipinski definition) is 0. The molecule has 0 spiro atoms. The Morgan fingerprint density at radius 3 is 2.28 bits per heavy atom. The number of carbonyl (C=O) groups excluding carboxylic acids is 1. The van der Waals surface area contributed by atoms with Crippen LogP contribution in [0.25, 0.3) is 22.1 Å². The Kier molecular flexibility index (Phi) is 5.12. The van der Waals surface area contributed by atoms with Crippen LogP contribution in [0.5, 0.6) is 5.75 Å². The molecule has 29 heavy (non-hydrogen) atoms. The van der Waals surface area contributed by atoms with E-state index in [0.29, 0.717) is 16.9 Å². The fourth-order valence-corrected chi connectivity index (χ4v) is 3.20. The lowest BCUT2D eigenvalue weighted by atomic mass is 10.0. The highest BCUT2D eigenvalue weighted by molar-refractivity contribution is 5.93. The lowest BCUT2D eigenvalue weighted by Crippen LogP contribution is -2.20. The third-order valence-electron chi connectivity index (χ3n) is 4.57. The van der Waals surface area contributed by atoms with Crippen LogP contribution in [0, 0.1) is 0 Å². The maximum Gasteiger partial charge on any atom is 0.351 e. The summed E-state index contributed by atoms with van der Waals surface area (Å²) in [4.78, 5) is 24.4. The van der Waals surface area contributed by atoms with E-state index in [1.54, 1.807) is 24.3 Å². The van der Waals surface area contributed by atoms with Crippen molar-refractivity contribution in [1.29, 1.82) is 0 Å². The van der Waals surface area contributed by atoms with Crippen molar-refractivity contribution in [2.75, 3.05) is 7.11 Å². The molecular weight excluding hydrogens is 368 g/mol. The standard InChI is InChI=1S/C24H18O5/c1-27-24(26)23(17-10-6-3-7-11-17)28-18-12-13-19-20(16-8-4-2-5-9-16)15-22(25)29-21(19)14-18/h2-15,23H,1H3/t23-/m0/s1. The summed E-state index contributed by atoms with van der Waals surface area (Å²) < 4.78 is 16.2. The van der Waals surface area contributed by atoms with E-state index < -0.39 is 17.7 Å². The molecule has 0 unspecified atom stereocenters. The Morgan fingerprint density at radius 1 is 0.897 bits per heavy atom.